The first-order chi connectivity index (χ1) is 12.7. The second-order valence-corrected chi connectivity index (χ2v) is 6.45. The number of carbonyl (C=O) groups is 1. The summed E-state index contributed by atoms with van der Waals surface area (Å²) in [6.07, 6.45) is 3.45. The first kappa shape index (κ1) is 17.9. The first-order valence-corrected chi connectivity index (χ1v) is 8.92. The lowest BCUT2D eigenvalue weighted by molar-refractivity contribution is 0.0950. The van der Waals surface area contributed by atoms with Crippen LogP contribution in [0.5, 0.6) is 11.5 Å². The van der Waals surface area contributed by atoms with Gasteiger partial charge in [-0.2, -0.15) is 0 Å². The maximum atomic E-state index is 12.4. The number of rotatable bonds is 7. The molecule has 0 saturated heterocycles. The Morgan fingerprint density at radius 1 is 1.19 bits per heavy atom. The molecule has 2 aromatic heterocycles. The van der Waals surface area contributed by atoms with Crippen molar-refractivity contribution in [3.8, 4) is 22.1 Å². The van der Waals surface area contributed by atoms with Crippen LogP contribution in [0.15, 0.2) is 48.8 Å². The Balaban J connectivity index is 1.52. The van der Waals surface area contributed by atoms with E-state index >= 15 is 0 Å². The van der Waals surface area contributed by atoms with Crippen molar-refractivity contribution in [2.45, 2.75) is 6.92 Å². The summed E-state index contributed by atoms with van der Waals surface area (Å²) in [6.45, 7) is 2.62. The van der Waals surface area contributed by atoms with Gasteiger partial charge >= 0.3 is 0 Å². The van der Waals surface area contributed by atoms with Crippen molar-refractivity contribution in [2.24, 2.45) is 0 Å². The molecule has 6 nitrogen and oxygen atoms in total. The number of hydrogen-bond donors (Lipinski definition) is 1. The largest absolute Gasteiger partial charge is 0.497 e. The molecule has 0 atom stereocenters. The second-order valence-electron chi connectivity index (χ2n) is 5.46. The summed E-state index contributed by atoms with van der Waals surface area (Å²) in [4.78, 5) is 21.5. The van der Waals surface area contributed by atoms with Gasteiger partial charge in [0.15, 0.2) is 0 Å². The highest BCUT2D eigenvalue weighted by atomic mass is 32.1. The summed E-state index contributed by atoms with van der Waals surface area (Å²) in [5, 5.41) is 3.65. The van der Waals surface area contributed by atoms with Crippen molar-refractivity contribution in [2.75, 3.05) is 20.3 Å². The van der Waals surface area contributed by atoms with E-state index in [4.69, 9.17) is 9.47 Å². The highest BCUT2D eigenvalue weighted by Gasteiger charge is 2.15. The summed E-state index contributed by atoms with van der Waals surface area (Å²) in [7, 11) is 1.62. The van der Waals surface area contributed by atoms with Crippen LogP contribution in [0.3, 0.4) is 0 Å². The number of benzene rings is 1. The van der Waals surface area contributed by atoms with Gasteiger partial charge in [0, 0.05) is 18.0 Å². The number of nitrogens with one attached hydrogen (secondary N) is 1. The summed E-state index contributed by atoms with van der Waals surface area (Å²) in [5.74, 6) is 1.36. The van der Waals surface area contributed by atoms with E-state index in [2.05, 4.69) is 15.3 Å². The van der Waals surface area contributed by atoms with E-state index in [1.807, 2.05) is 43.3 Å². The smallest absolute Gasteiger partial charge is 0.263 e. The summed E-state index contributed by atoms with van der Waals surface area (Å²) >= 11 is 1.36. The lowest BCUT2D eigenvalue weighted by Gasteiger charge is -2.08. The van der Waals surface area contributed by atoms with E-state index < -0.39 is 0 Å². The average molecular weight is 369 g/mol. The number of nitrogens with zero attached hydrogens (tertiary/aromatic N) is 2. The average Bonchev–Trinajstić information content (AvgIpc) is 3.08. The van der Waals surface area contributed by atoms with Crippen molar-refractivity contribution in [1.82, 2.24) is 15.3 Å². The van der Waals surface area contributed by atoms with E-state index in [9.17, 15) is 4.79 Å². The van der Waals surface area contributed by atoms with Gasteiger partial charge in [-0.3, -0.25) is 9.78 Å². The lowest BCUT2D eigenvalue weighted by Crippen LogP contribution is -2.27. The molecule has 0 bridgehead atoms. The van der Waals surface area contributed by atoms with Gasteiger partial charge in [0.1, 0.15) is 28.0 Å². The molecule has 0 aliphatic carbocycles. The molecule has 3 aromatic rings. The molecule has 0 unspecified atom stereocenters. The number of amides is 1. The molecule has 1 N–H and O–H groups in total. The number of aromatic nitrogens is 2. The number of carbonyl (C=O) groups excluding carboxylic acids is 1. The van der Waals surface area contributed by atoms with Crippen molar-refractivity contribution < 1.29 is 14.3 Å². The van der Waals surface area contributed by atoms with Gasteiger partial charge in [-0.1, -0.05) is 0 Å². The highest BCUT2D eigenvalue weighted by molar-refractivity contribution is 7.17. The van der Waals surface area contributed by atoms with Crippen molar-refractivity contribution in [3.63, 3.8) is 0 Å². The minimum Gasteiger partial charge on any atom is -0.497 e. The van der Waals surface area contributed by atoms with Gasteiger partial charge in [0.25, 0.3) is 5.91 Å². The minimum atomic E-state index is -0.145. The zero-order chi connectivity index (χ0) is 18.4. The Morgan fingerprint density at radius 2 is 1.96 bits per heavy atom. The van der Waals surface area contributed by atoms with E-state index in [1.54, 1.807) is 19.5 Å². The summed E-state index contributed by atoms with van der Waals surface area (Å²) in [6, 6.07) is 11.1. The molecule has 0 aliphatic rings. The zero-order valence-electron chi connectivity index (χ0n) is 14.6. The molecular formula is C19H19N3O3S. The van der Waals surface area contributed by atoms with Gasteiger partial charge in [-0.15, -0.1) is 11.3 Å². The first-order valence-electron chi connectivity index (χ1n) is 8.10. The van der Waals surface area contributed by atoms with E-state index in [0.29, 0.717) is 23.7 Å². The Kier molecular flexibility index (Phi) is 5.80. The van der Waals surface area contributed by atoms with Gasteiger partial charge in [0.05, 0.1) is 19.3 Å². The van der Waals surface area contributed by atoms with Crippen LogP contribution in [0, 0.1) is 6.92 Å². The van der Waals surface area contributed by atoms with Gasteiger partial charge in [0.2, 0.25) is 0 Å². The number of hydrogen-bond acceptors (Lipinski definition) is 6. The van der Waals surface area contributed by atoms with Crippen molar-refractivity contribution in [3.05, 3.63) is 59.4 Å². The molecule has 2 heterocycles. The fourth-order valence-corrected chi connectivity index (χ4v) is 3.28. The highest BCUT2D eigenvalue weighted by Crippen LogP contribution is 2.27. The van der Waals surface area contributed by atoms with Crippen LogP contribution >= 0.6 is 11.3 Å². The van der Waals surface area contributed by atoms with Crippen LogP contribution in [-0.4, -0.2) is 36.1 Å². The number of ether oxygens (including phenoxy) is 2. The monoisotopic (exact) mass is 369 g/mol. The topological polar surface area (TPSA) is 73.3 Å². The van der Waals surface area contributed by atoms with Gasteiger partial charge < -0.3 is 14.8 Å². The molecule has 7 heteroatoms. The van der Waals surface area contributed by atoms with Crippen molar-refractivity contribution >= 4 is 17.2 Å². The van der Waals surface area contributed by atoms with E-state index in [1.165, 1.54) is 11.3 Å². The van der Waals surface area contributed by atoms with Crippen LogP contribution in [0.25, 0.3) is 10.6 Å². The number of pyridine rings is 1. The third-order valence-corrected chi connectivity index (χ3v) is 4.83. The molecule has 0 spiro atoms. The standard InChI is InChI=1S/C19H19N3O3S/c1-13-17(26-19(22-13)14-4-3-9-20-12-14)18(23)21-10-11-25-16-7-5-15(24-2)6-8-16/h3-9,12H,10-11H2,1-2H3,(H,21,23). The minimum absolute atomic E-state index is 0.145. The van der Waals surface area contributed by atoms with E-state index in [0.717, 1.165) is 22.1 Å². The predicted molar refractivity (Wildman–Crippen MR) is 101 cm³/mol. The van der Waals surface area contributed by atoms with Crippen LogP contribution in [0.2, 0.25) is 0 Å². The number of methoxy groups -OCH3 is 1. The molecule has 1 aromatic carbocycles. The Morgan fingerprint density at radius 3 is 2.65 bits per heavy atom. The molecule has 26 heavy (non-hydrogen) atoms. The fraction of sp³-hybridized carbons (Fsp3) is 0.211. The lowest BCUT2D eigenvalue weighted by atomic mass is 10.3. The maximum absolute atomic E-state index is 12.4. The van der Waals surface area contributed by atoms with Crippen molar-refractivity contribution in [1.29, 1.82) is 0 Å². The maximum Gasteiger partial charge on any atom is 0.263 e. The SMILES string of the molecule is COc1ccc(OCCNC(=O)c2sc(-c3cccnc3)nc2C)cc1. The molecule has 0 aliphatic heterocycles. The zero-order valence-corrected chi connectivity index (χ0v) is 15.4. The molecule has 3 rings (SSSR count). The fourth-order valence-electron chi connectivity index (χ4n) is 2.31. The Labute approximate surface area is 155 Å². The number of aryl methyl sites for hydroxylation is 1. The molecular weight excluding hydrogens is 350 g/mol. The number of thiazole rings is 1. The van der Waals surface area contributed by atoms with Gasteiger partial charge in [-0.05, 0) is 43.3 Å². The summed E-state index contributed by atoms with van der Waals surface area (Å²) < 4.78 is 10.7. The molecule has 0 saturated carbocycles. The molecule has 1 amide bonds. The normalized spacial score (nSPS) is 10.4. The third-order valence-electron chi connectivity index (χ3n) is 3.63. The Bertz CT molecular complexity index is 863. The van der Waals surface area contributed by atoms with Crippen LogP contribution < -0.4 is 14.8 Å². The summed E-state index contributed by atoms with van der Waals surface area (Å²) in [5.41, 5.74) is 1.62. The van der Waals surface area contributed by atoms with Crippen LogP contribution in [0.4, 0.5) is 0 Å². The Hall–Kier alpha value is -2.93. The molecule has 134 valence electrons. The second kappa shape index (κ2) is 8.44. The molecule has 0 fully saturated rings. The molecule has 0 radical (unpaired) electrons. The van der Waals surface area contributed by atoms with Crippen LogP contribution in [-0.2, 0) is 0 Å². The predicted octanol–water partition coefficient (Wildman–Crippen LogP) is 3.33. The quantitative estimate of drug-likeness (QED) is 0.647. The van der Waals surface area contributed by atoms with Gasteiger partial charge in [-0.25, -0.2) is 4.98 Å². The van der Waals surface area contributed by atoms with E-state index in [-0.39, 0.29) is 5.91 Å². The van der Waals surface area contributed by atoms with Crippen LogP contribution in [0.1, 0.15) is 15.4 Å². The third kappa shape index (κ3) is 4.37.